The molecule has 3 rings (SSSR count). The van der Waals surface area contributed by atoms with Gasteiger partial charge in [-0.05, 0) is 25.5 Å². The molecule has 2 N–H and O–H groups in total. The van der Waals surface area contributed by atoms with Gasteiger partial charge in [0.2, 0.25) is 5.91 Å². The van der Waals surface area contributed by atoms with Crippen molar-refractivity contribution in [1.29, 1.82) is 0 Å². The highest BCUT2D eigenvalue weighted by molar-refractivity contribution is 6.30. The number of carbonyl (C=O) groups excluding carboxylic acids is 1. The topological polar surface area (TPSA) is 84.7 Å². The molecule has 0 aromatic carbocycles. The highest BCUT2D eigenvalue weighted by Crippen LogP contribution is 2.16. The van der Waals surface area contributed by atoms with E-state index in [1.807, 2.05) is 6.92 Å². The second-order valence-corrected chi connectivity index (χ2v) is 6.41. The second-order valence-electron chi connectivity index (χ2n) is 5.97. The van der Waals surface area contributed by atoms with Crippen molar-refractivity contribution in [1.82, 2.24) is 25.1 Å². The molecule has 0 unspecified atom stereocenters. The first kappa shape index (κ1) is 16.9. The van der Waals surface area contributed by atoms with E-state index in [0.29, 0.717) is 10.8 Å². The fourth-order valence-corrected chi connectivity index (χ4v) is 3.01. The number of halogens is 1. The van der Waals surface area contributed by atoms with Crippen LogP contribution in [0.3, 0.4) is 0 Å². The highest BCUT2D eigenvalue weighted by atomic mass is 35.5. The Balaban J connectivity index is 1.57. The number of carbonyl (C=O) groups is 1. The van der Waals surface area contributed by atoms with E-state index in [2.05, 4.69) is 37.3 Å². The fraction of sp³-hybridized carbons (Fsp3) is 0.500. The Morgan fingerprint density at radius 2 is 2.29 bits per heavy atom. The highest BCUT2D eigenvalue weighted by Gasteiger charge is 2.25. The smallest absolute Gasteiger partial charge is 0.242 e. The van der Waals surface area contributed by atoms with Crippen molar-refractivity contribution in [2.75, 3.05) is 5.32 Å². The molecule has 2 atom stereocenters. The molecule has 8 heteroatoms. The Kier molecular flexibility index (Phi) is 5.11. The van der Waals surface area contributed by atoms with Gasteiger partial charge < -0.3 is 15.2 Å². The third-order valence-electron chi connectivity index (χ3n) is 4.20. The predicted octanol–water partition coefficient (Wildman–Crippen LogP) is 1.82. The lowest BCUT2D eigenvalue weighted by molar-refractivity contribution is -0.118. The van der Waals surface area contributed by atoms with E-state index in [0.717, 1.165) is 37.5 Å². The lowest BCUT2D eigenvalue weighted by Gasteiger charge is -2.27. The zero-order valence-electron chi connectivity index (χ0n) is 13.8. The summed E-state index contributed by atoms with van der Waals surface area (Å²) in [5.74, 6) is 2.41. The molecule has 1 aliphatic rings. The van der Waals surface area contributed by atoms with E-state index in [4.69, 9.17) is 11.6 Å². The molecule has 0 fully saturated rings. The molecule has 1 aliphatic heterocycles. The van der Waals surface area contributed by atoms with Crippen molar-refractivity contribution in [3.05, 3.63) is 35.0 Å². The Morgan fingerprint density at radius 1 is 1.46 bits per heavy atom. The minimum absolute atomic E-state index is 0.116. The summed E-state index contributed by atoms with van der Waals surface area (Å²) in [6.45, 7) is 4.72. The number of hydrogen-bond donors (Lipinski definition) is 2. The van der Waals surface area contributed by atoms with Gasteiger partial charge in [-0.15, -0.1) is 10.2 Å². The third-order valence-corrected chi connectivity index (χ3v) is 4.42. The molecule has 3 heterocycles. The van der Waals surface area contributed by atoms with E-state index in [-0.39, 0.29) is 18.0 Å². The SMILES string of the molecule is CCc1nnc2n1C[C@H](N[C@@H](C)C(=O)Nc1ccc(Cl)cn1)CC2. The van der Waals surface area contributed by atoms with Crippen LogP contribution in [0.2, 0.25) is 5.02 Å². The molecule has 0 spiro atoms. The zero-order valence-corrected chi connectivity index (χ0v) is 14.5. The average Bonchev–Trinajstić information content (AvgIpc) is 2.99. The molecule has 0 radical (unpaired) electrons. The number of rotatable bonds is 5. The van der Waals surface area contributed by atoms with Crippen molar-refractivity contribution < 1.29 is 4.79 Å². The molecule has 2 aromatic rings. The Labute approximate surface area is 145 Å². The van der Waals surface area contributed by atoms with Crippen LogP contribution in [0.1, 0.15) is 31.9 Å². The molecule has 24 heavy (non-hydrogen) atoms. The van der Waals surface area contributed by atoms with Crippen molar-refractivity contribution in [2.45, 2.75) is 51.7 Å². The third kappa shape index (κ3) is 3.73. The Hall–Kier alpha value is -1.99. The first-order chi connectivity index (χ1) is 11.6. The van der Waals surface area contributed by atoms with Gasteiger partial charge in [0.05, 0.1) is 11.1 Å². The van der Waals surface area contributed by atoms with Crippen LogP contribution in [-0.2, 0) is 24.2 Å². The summed E-state index contributed by atoms with van der Waals surface area (Å²) in [7, 11) is 0. The molecule has 2 aromatic heterocycles. The first-order valence-electron chi connectivity index (χ1n) is 8.16. The number of nitrogens with zero attached hydrogens (tertiary/aromatic N) is 4. The molecule has 0 saturated carbocycles. The van der Waals surface area contributed by atoms with Gasteiger partial charge in [-0.25, -0.2) is 4.98 Å². The van der Waals surface area contributed by atoms with Crippen LogP contribution in [0.25, 0.3) is 0 Å². The fourth-order valence-electron chi connectivity index (χ4n) is 2.89. The van der Waals surface area contributed by atoms with Gasteiger partial charge in [0.15, 0.2) is 0 Å². The van der Waals surface area contributed by atoms with Crippen LogP contribution in [0.4, 0.5) is 5.82 Å². The van der Waals surface area contributed by atoms with Crippen LogP contribution >= 0.6 is 11.6 Å². The van der Waals surface area contributed by atoms with Gasteiger partial charge in [0.25, 0.3) is 0 Å². The largest absolute Gasteiger partial charge is 0.313 e. The van der Waals surface area contributed by atoms with E-state index in [9.17, 15) is 4.79 Å². The van der Waals surface area contributed by atoms with E-state index >= 15 is 0 Å². The number of amides is 1. The van der Waals surface area contributed by atoms with E-state index in [1.54, 1.807) is 12.1 Å². The molecular formula is C16H21ClN6O. The number of anilines is 1. The van der Waals surface area contributed by atoms with Crippen LogP contribution in [0.15, 0.2) is 18.3 Å². The van der Waals surface area contributed by atoms with Crippen LogP contribution in [0, 0.1) is 0 Å². The lowest BCUT2D eigenvalue weighted by Crippen LogP contribution is -2.47. The van der Waals surface area contributed by atoms with Gasteiger partial charge >= 0.3 is 0 Å². The Morgan fingerprint density at radius 3 is 3.00 bits per heavy atom. The number of pyridine rings is 1. The summed E-state index contributed by atoms with van der Waals surface area (Å²) in [6, 6.07) is 3.28. The minimum Gasteiger partial charge on any atom is -0.313 e. The standard InChI is InChI=1S/C16H21ClN6O/c1-3-14-21-22-15-7-5-12(9-23(14)15)19-10(2)16(24)20-13-6-4-11(17)8-18-13/h4,6,8,10,12,19H,3,5,7,9H2,1-2H3,(H,18,20,24)/t10-,12+/m0/s1. The maximum absolute atomic E-state index is 12.3. The van der Waals surface area contributed by atoms with Gasteiger partial charge in [-0.3, -0.25) is 4.79 Å². The van der Waals surface area contributed by atoms with Crippen molar-refractivity contribution in [3.8, 4) is 0 Å². The number of aryl methyl sites for hydroxylation is 2. The predicted molar refractivity (Wildman–Crippen MR) is 92.0 cm³/mol. The van der Waals surface area contributed by atoms with Gasteiger partial charge in [0, 0.05) is 31.6 Å². The molecule has 128 valence electrons. The summed E-state index contributed by atoms with van der Waals surface area (Å²) in [5, 5.41) is 15.2. The van der Waals surface area contributed by atoms with E-state index < -0.39 is 0 Å². The number of hydrogen-bond acceptors (Lipinski definition) is 5. The quantitative estimate of drug-likeness (QED) is 0.861. The van der Waals surface area contributed by atoms with Crippen molar-refractivity contribution in [2.24, 2.45) is 0 Å². The molecule has 0 bridgehead atoms. The number of aromatic nitrogens is 4. The average molecular weight is 349 g/mol. The monoisotopic (exact) mass is 348 g/mol. The van der Waals surface area contributed by atoms with Gasteiger partial charge in [0.1, 0.15) is 17.5 Å². The molecule has 0 aliphatic carbocycles. The van der Waals surface area contributed by atoms with Crippen LogP contribution in [0.5, 0.6) is 0 Å². The maximum atomic E-state index is 12.3. The molecular weight excluding hydrogens is 328 g/mol. The van der Waals surface area contributed by atoms with Crippen molar-refractivity contribution >= 4 is 23.3 Å². The second kappa shape index (κ2) is 7.27. The molecule has 1 amide bonds. The first-order valence-corrected chi connectivity index (χ1v) is 8.54. The Bertz CT molecular complexity index is 700. The summed E-state index contributed by atoms with van der Waals surface area (Å²) in [5.41, 5.74) is 0. The zero-order chi connectivity index (χ0) is 17.1. The van der Waals surface area contributed by atoms with Crippen LogP contribution in [-0.4, -0.2) is 37.7 Å². The normalized spacial score (nSPS) is 18.0. The summed E-state index contributed by atoms with van der Waals surface area (Å²) < 4.78 is 2.16. The number of fused-ring (bicyclic) bond motifs is 1. The number of nitrogens with one attached hydrogen (secondary N) is 2. The van der Waals surface area contributed by atoms with Crippen molar-refractivity contribution in [3.63, 3.8) is 0 Å². The summed E-state index contributed by atoms with van der Waals surface area (Å²) in [6.07, 6.45) is 4.19. The maximum Gasteiger partial charge on any atom is 0.242 e. The summed E-state index contributed by atoms with van der Waals surface area (Å²) >= 11 is 5.80. The van der Waals surface area contributed by atoms with Crippen LogP contribution < -0.4 is 10.6 Å². The summed E-state index contributed by atoms with van der Waals surface area (Å²) in [4.78, 5) is 16.4. The molecule has 0 saturated heterocycles. The lowest BCUT2D eigenvalue weighted by atomic mass is 10.1. The van der Waals surface area contributed by atoms with Gasteiger partial charge in [-0.1, -0.05) is 18.5 Å². The van der Waals surface area contributed by atoms with E-state index in [1.165, 1.54) is 6.20 Å². The van der Waals surface area contributed by atoms with Gasteiger partial charge in [-0.2, -0.15) is 0 Å². The molecule has 7 nitrogen and oxygen atoms in total. The minimum atomic E-state index is -0.324.